The number of anilines is 1. The van der Waals surface area contributed by atoms with Gasteiger partial charge in [0.15, 0.2) is 0 Å². The molecule has 0 radical (unpaired) electrons. The van der Waals surface area contributed by atoms with Crippen molar-refractivity contribution in [3.8, 4) is 23.0 Å². The molecule has 1 fully saturated rings. The van der Waals surface area contributed by atoms with Crippen LogP contribution in [0.5, 0.6) is 0 Å². The van der Waals surface area contributed by atoms with Gasteiger partial charge in [0.1, 0.15) is 11.1 Å². The number of aryl methyl sites for hydroxylation is 1. The van der Waals surface area contributed by atoms with Crippen molar-refractivity contribution in [3.05, 3.63) is 42.2 Å². The van der Waals surface area contributed by atoms with Crippen LogP contribution in [-0.2, 0) is 7.05 Å². The van der Waals surface area contributed by atoms with E-state index >= 15 is 0 Å². The molecule has 120 valence electrons. The van der Waals surface area contributed by atoms with Gasteiger partial charge in [0.2, 0.25) is 5.95 Å². The van der Waals surface area contributed by atoms with Gasteiger partial charge in [-0.05, 0) is 37.0 Å². The lowest BCUT2D eigenvalue weighted by atomic mass is 9.81. The van der Waals surface area contributed by atoms with Crippen LogP contribution in [0.1, 0.15) is 24.8 Å². The van der Waals surface area contributed by atoms with E-state index in [0.717, 1.165) is 47.0 Å². The van der Waals surface area contributed by atoms with Crippen LogP contribution in [0.25, 0.3) is 22.2 Å². The summed E-state index contributed by atoms with van der Waals surface area (Å²) < 4.78 is 1.99. The number of hydrogen-bond acceptors (Lipinski definition) is 4. The van der Waals surface area contributed by atoms with E-state index in [1.807, 2.05) is 42.1 Å². The second-order valence-corrected chi connectivity index (χ2v) is 6.33. The number of benzene rings is 1. The third-order valence-electron chi connectivity index (χ3n) is 4.54. The van der Waals surface area contributed by atoms with Gasteiger partial charge in [-0.3, -0.25) is 0 Å². The summed E-state index contributed by atoms with van der Waals surface area (Å²) in [5, 5.41) is 10.1. The molecule has 5 nitrogen and oxygen atoms in total. The van der Waals surface area contributed by atoms with Crippen molar-refractivity contribution in [2.45, 2.75) is 24.9 Å². The van der Waals surface area contributed by atoms with Crippen molar-refractivity contribution in [1.82, 2.24) is 14.5 Å². The minimum atomic E-state index is -0.795. The first kappa shape index (κ1) is 14.7. The van der Waals surface area contributed by atoms with Crippen LogP contribution in [0.4, 0.5) is 5.95 Å². The molecule has 1 aliphatic carbocycles. The summed E-state index contributed by atoms with van der Waals surface area (Å²) in [5.41, 5.74) is 9.60. The number of nitrogens with two attached hydrogens (primary N) is 1. The van der Waals surface area contributed by atoms with E-state index in [4.69, 9.17) is 5.73 Å². The fourth-order valence-corrected chi connectivity index (χ4v) is 2.97. The summed E-state index contributed by atoms with van der Waals surface area (Å²) >= 11 is 0. The quantitative estimate of drug-likeness (QED) is 0.676. The molecule has 5 heteroatoms. The van der Waals surface area contributed by atoms with Gasteiger partial charge in [0.05, 0.1) is 11.7 Å². The minimum absolute atomic E-state index is 0.262. The van der Waals surface area contributed by atoms with Crippen molar-refractivity contribution < 1.29 is 5.11 Å². The average molecular weight is 318 g/mol. The van der Waals surface area contributed by atoms with Crippen LogP contribution in [0, 0.1) is 11.8 Å². The maximum atomic E-state index is 10.1. The van der Waals surface area contributed by atoms with E-state index in [0.29, 0.717) is 0 Å². The second-order valence-electron chi connectivity index (χ2n) is 6.33. The smallest absolute Gasteiger partial charge is 0.220 e. The zero-order chi connectivity index (χ0) is 16.7. The highest BCUT2D eigenvalue weighted by Gasteiger charge is 2.32. The molecule has 1 aromatic carbocycles. The number of fused-ring (bicyclic) bond motifs is 1. The monoisotopic (exact) mass is 318 g/mol. The van der Waals surface area contributed by atoms with Gasteiger partial charge in [-0.25, -0.2) is 9.97 Å². The summed E-state index contributed by atoms with van der Waals surface area (Å²) in [5.74, 6) is 6.36. The fraction of sp³-hybridized carbons (Fsp3) is 0.263. The maximum Gasteiger partial charge on any atom is 0.220 e. The lowest BCUT2D eigenvalue weighted by molar-refractivity contribution is 0.0240. The maximum absolute atomic E-state index is 10.1. The van der Waals surface area contributed by atoms with Gasteiger partial charge in [-0.2, -0.15) is 0 Å². The Morgan fingerprint density at radius 1 is 1.33 bits per heavy atom. The molecule has 3 N–H and O–H groups in total. The molecule has 0 unspecified atom stereocenters. The van der Waals surface area contributed by atoms with Crippen LogP contribution in [-0.4, -0.2) is 25.2 Å². The number of aliphatic hydroxyl groups is 1. The predicted molar refractivity (Wildman–Crippen MR) is 94.0 cm³/mol. The van der Waals surface area contributed by atoms with Crippen LogP contribution >= 0.6 is 0 Å². The largest absolute Gasteiger partial charge is 0.378 e. The summed E-state index contributed by atoms with van der Waals surface area (Å²) in [6, 6.07) is 7.96. The Balaban J connectivity index is 1.78. The highest BCUT2D eigenvalue weighted by molar-refractivity contribution is 5.93. The Morgan fingerprint density at radius 3 is 2.92 bits per heavy atom. The van der Waals surface area contributed by atoms with Crippen LogP contribution in [0.3, 0.4) is 0 Å². The molecule has 1 saturated carbocycles. The summed E-state index contributed by atoms with van der Waals surface area (Å²) in [4.78, 5) is 8.44. The standard InChI is InChI=1S/C19H18N4O/c1-23-12-15(17-16(23)11-21-18(20)22-17)14-5-2-4-13(10-14)6-9-19(24)7-3-8-19/h2,4-5,10-12,24H,3,7-8H2,1H3,(H2,20,21,22). The normalized spacial score (nSPS) is 15.6. The molecular weight excluding hydrogens is 300 g/mol. The molecular formula is C19H18N4O. The Morgan fingerprint density at radius 2 is 2.17 bits per heavy atom. The molecule has 2 heterocycles. The van der Waals surface area contributed by atoms with Gasteiger partial charge in [-0.15, -0.1) is 0 Å². The van der Waals surface area contributed by atoms with E-state index in [-0.39, 0.29) is 5.95 Å². The van der Waals surface area contributed by atoms with Gasteiger partial charge >= 0.3 is 0 Å². The average Bonchev–Trinajstić information content (AvgIpc) is 2.88. The lowest BCUT2D eigenvalue weighted by Crippen LogP contribution is -2.34. The van der Waals surface area contributed by atoms with Crippen molar-refractivity contribution in [3.63, 3.8) is 0 Å². The molecule has 0 spiro atoms. The van der Waals surface area contributed by atoms with Gasteiger partial charge in [0.25, 0.3) is 0 Å². The second kappa shape index (κ2) is 5.36. The Kier molecular flexibility index (Phi) is 3.29. The minimum Gasteiger partial charge on any atom is -0.378 e. The zero-order valence-electron chi connectivity index (χ0n) is 13.5. The molecule has 2 aromatic heterocycles. The zero-order valence-corrected chi connectivity index (χ0v) is 13.5. The Labute approximate surface area is 140 Å². The van der Waals surface area contributed by atoms with Crippen LogP contribution in [0.15, 0.2) is 36.7 Å². The van der Waals surface area contributed by atoms with E-state index in [9.17, 15) is 5.11 Å². The number of nitrogen functional groups attached to an aromatic ring is 1. The van der Waals surface area contributed by atoms with Gasteiger partial charge in [-0.1, -0.05) is 24.0 Å². The van der Waals surface area contributed by atoms with Crippen molar-refractivity contribution >= 4 is 17.0 Å². The molecule has 0 amide bonds. The summed E-state index contributed by atoms with van der Waals surface area (Å²) in [7, 11) is 1.96. The first-order chi connectivity index (χ1) is 11.5. The molecule has 0 aliphatic heterocycles. The molecule has 0 saturated heterocycles. The summed E-state index contributed by atoms with van der Waals surface area (Å²) in [6.07, 6.45) is 6.32. The van der Waals surface area contributed by atoms with Crippen molar-refractivity contribution in [2.75, 3.05) is 5.73 Å². The molecule has 3 aromatic rings. The topological polar surface area (TPSA) is 77.0 Å². The van der Waals surface area contributed by atoms with Crippen molar-refractivity contribution in [2.24, 2.45) is 7.05 Å². The van der Waals surface area contributed by atoms with Crippen LogP contribution in [0.2, 0.25) is 0 Å². The first-order valence-corrected chi connectivity index (χ1v) is 7.98. The number of hydrogen-bond donors (Lipinski definition) is 2. The molecule has 4 rings (SSSR count). The highest BCUT2D eigenvalue weighted by Crippen LogP contribution is 2.31. The number of aromatic nitrogens is 3. The van der Waals surface area contributed by atoms with Crippen molar-refractivity contribution in [1.29, 1.82) is 0 Å². The third kappa shape index (κ3) is 2.51. The Hall–Kier alpha value is -2.84. The summed E-state index contributed by atoms with van der Waals surface area (Å²) in [6.45, 7) is 0. The highest BCUT2D eigenvalue weighted by atomic mass is 16.3. The van der Waals surface area contributed by atoms with Gasteiger partial charge < -0.3 is 15.4 Å². The van der Waals surface area contributed by atoms with Gasteiger partial charge in [0, 0.05) is 24.4 Å². The number of nitrogens with zero attached hydrogens (tertiary/aromatic N) is 3. The van der Waals surface area contributed by atoms with E-state index in [2.05, 4.69) is 21.8 Å². The van der Waals surface area contributed by atoms with E-state index in [1.165, 1.54) is 0 Å². The van der Waals surface area contributed by atoms with E-state index < -0.39 is 5.60 Å². The number of rotatable bonds is 1. The SMILES string of the molecule is Cn1cc(-c2cccc(C#CC3(O)CCC3)c2)c2nc(N)ncc21. The fourth-order valence-electron chi connectivity index (χ4n) is 2.97. The third-order valence-corrected chi connectivity index (χ3v) is 4.54. The van der Waals surface area contributed by atoms with E-state index in [1.54, 1.807) is 6.20 Å². The molecule has 0 bridgehead atoms. The molecule has 24 heavy (non-hydrogen) atoms. The first-order valence-electron chi connectivity index (χ1n) is 7.98. The van der Waals surface area contributed by atoms with Crippen LogP contribution < -0.4 is 5.73 Å². The predicted octanol–water partition coefficient (Wildman–Crippen LogP) is 2.48. The Bertz CT molecular complexity index is 990. The molecule has 0 atom stereocenters. The lowest BCUT2D eigenvalue weighted by Gasteiger charge is -2.30. The molecule has 1 aliphatic rings.